The zero-order valence-electron chi connectivity index (χ0n) is 19.1. The lowest BCUT2D eigenvalue weighted by Crippen LogP contribution is -2.15. The second-order valence-corrected chi connectivity index (χ2v) is 11.8. The van der Waals surface area contributed by atoms with Crippen LogP contribution < -0.4 is 10.8 Å². The summed E-state index contributed by atoms with van der Waals surface area (Å²) in [5, 5.41) is 3.56. The zero-order valence-corrected chi connectivity index (χ0v) is 20.8. The standard InChI is InChI=1S/C24H23ClF2N5OP/c1-5-17(22-15(26)7-6-10-28-22)31-24-20(25)13(2)30-18-11-16(27)21(32-23(18)24)14-8-9-19(29-12-14)34(3,4)33/h6-12,17H,5H2,1-4H3,(H,30,31). The molecule has 0 radical (unpaired) electrons. The quantitative estimate of drug-likeness (QED) is 0.320. The van der Waals surface area contributed by atoms with Gasteiger partial charge in [-0.15, -0.1) is 0 Å². The van der Waals surface area contributed by atoms with Crippen molar-refractivity contribution in [2.45, 2.75) is 26.3 Å². The Kier molecular flexibility index (Phi) is 6.65. The van der Waals surface area contributed by atoms with Crippen LogP contribution in [0, 0.1) is 18.6 Å². The molecule has 1 atom stereocenters. The van der Waals surface area contributed by atoms with Crippen LogP contribution in [0.3, 0.4) is 0 Å². The number of anilines is 1. The Morgan fingerprint density at radius 1 is 1.12 bits per heavy atom. The maximum Gasteiger partial charge on any atom is 0.151 e. The molecule has 176 valence electrons. The van der Waals surface area contributed by atoms with Crippen molar-refractivity contribution in [3.8, 4) is 11.3 Å². The van der Waals surface area contributed by atoms with E-state index in [0.29, 0.717) is 44.9 Å². The molecule has 6 nitrogen and oxygen atoms in total. The van der Waals surface area contributed by atoms with Crippen molar-refractivity contribution in [2.75, 3.05) is 18.6 Å². The maximum atomic E-state index is 15.1. The second kappa shape index (κ2) is 9.35. The minimum absolute atomic E-state index is 0.0513. The first-order valence-electron chi connectivity index (χ1n) is 10.7. The molecular formula is C24H23ClF2N5OP. The van der Waals surface area contributed by atoms with Crippen molar-refractivity contribution in [1.29, 1.82) is 0 Å². The van der Waals surface area contributed by atoms with E-state index in [9.17, 15) is 8.96 Å². The van der Waals surface area contributed by atoms with Crippen molar-refractivity contribution in [3.63, 3.8) is 0 Å². The smallest absolute Gasteiger partial charge is 0.151 e. The highest BCUT2D eigenvalue weighted by Gasteiger charge is 2.22. The molecule has 0 aliphatic carbocycles. The fraction of sp³-hybridized carbons (Fsp3) is 0.250. The Morgan fingerprint density at radius 3 is 2.50 bits per heavy atom. The van der Waals surface area contributed by atoms with E-state index < -0.39 is 24.8 Å². The van der Waals surface area contributed by atoms with E-state index in [1.165, 1.54) is 30.6 Å². The third kappa shape index (κ3) is 4.65. The molecule has 10 heteroatoms. The van der Waals surface area contributed by atoms with Crippen LogP contribution in [0.1, 0.15) is 30.8 Å². The highest BCUT2D eigenvalue weighted by Crippen LogP contribution is 2.37. The van der Waals surface area contributed by atoms with Crippen LogP contribution in [0.4, 0.5) is 14.5 Å². The van der Waals surface area contributed by atoms with E-state index in [1.54, 1.807) is 32.4 Å². The van der Waals surface area contributed by atoms with Gasteiger partial charge in [-0.05, 0) is 50.9 Å². The number of pyridine rings is 4. The maximum absolute atomic E-state index is 15.1. The first-order valence-corrected chi connectivity index (χ1v) is 13.6. The van der Waals surface area contributed by atoms with Gasteiger partial charge in [-0.2, -0.15) is 0 Å². The Labute approximate surface area is 201 Å². The molecule has 0 aliphatic rings. The van der Waals surface area contributed by atoms with Crippen LogP contribution in [0.25, 0.3) is 22.3 Å². The van der Waals surface area contributed by atoms with Crippen LogP contribution in [0.5, 0.6) is 0 Å². The van der Waals surface area contributed by atoms with Gasteiger partial charge in [-0.1, -0.05) is 18.5 Å². The largest absolute Gasteiger partial charge is 0.373 e. The number of nitrogens with one attached hydrogen (secondary N) is 1. The minimum Gasteiger partial charge on any atom is -0.373 e. The van der Waals surface area contributed by atoms with Gasteiger partial charge in [0, 0.05) is 24.0 Å². The normalized spacial score (nSPS) is 12.7. The SMILES string of the molecule is CCC(Nc1c(Cl)c(C)nc2cc(F)c(-c3ccc(P(C)(C)=O)nc3)nc12)c1ncccc1F. The molecule has 0 saturated carbocycles. The summed E-state index contributed by atoms with van der Waals surface area (Å²) in [6.45, 7) is 6.83. The van der Waals surface area contributed by atoms with Gasteiger partial charge in [0.1, 0.15) is 24.2 Å². The number of hydrogen-bond acceptors (Lipinski definition) is 6. The summed E-state index contributed by atoms with van der Waals surface area (Å²) in [4.78, 5) is 17.3. The number of rotatable bonds is 6. The van der Waals surface area contributed by atoms with Crippen molar-refractivity contribution in [3.05, 3.63) is 70.8 Å². The summed E-state index contributed by atoms with van der Waals surface area (Å²) < 4.78 is 41.8. The number of hydrogen-bond donors (Lipinski definition) is 1. The average Bonchev–Trinajstić information content (AvgIpc) is 2.80. The third-order valence-corrected chi connectivity index (χ3v) is 7.27. The van der Waals surface area contributed by atoms with Crippen molar-refractivity contribution in [2.24, 2.45) is 0 Å². The molecule has 4 rings (SSSR count). The lowest BCUT2D eigenvalue weighted by Gasteiger charge is -2.21. The number of aryl methyl sites for hydroxylation is 1. The van der Waals surface area contributed by atoms with Gasteiger partial charge in [0.25, 0.3) is 0 Å². The third-order valence-electron chi connectivity index (χ3n) is 5.43. The number of aromatic nitrogens is 4. The zero-order chi connectivity index (χ0) is 24.6. The number of fused-ring (bicyclic) bond motifs is 1. The molecule has 4 heterocycles. The van der Waals surface area contributed by atoms with Gasteiger partial charge >= 0.3 is 0 Å². The molecule has 4 aromatic rings. The Bertz CT molecular complexity index is 1430. The highest BCUT2D eigenvalue weighted by molar-refractivity contribution is 7.69. The first kappa shape index (κ1) is 24.2. The van der Waals surface area contributed by atoms with Gasteiger partial charge in [-0.25, -0.2) is 18.7 Å². The molecular weight excluding hydrogens is 479 g/mol. The van der Waals surface area contributed by atoms with Crippen molar-refractivity contribution in [1.82, 2.24) is 19.9 Å². The number of halogens is 3. The highest BCUT2D eigenvalue weighted by atomic mass is 35.5. The Morgan fingerprint density at radius 2 is 1.88 bits per heavy atom. The summed E-state index contributed by atoms with van der Waals surface area (Å²) in [6.07, 6.45) is 3.48. The van der Waals surface area contributed by atoms with E-state index in [2.05, 4.69) is 25.3 Å². The van der Waals surface area contributed by atoms with E-state index in [0.717, 1.165) is 0 Å². The molecule has 0 aliphatic heterocycles. The predicted octanol–water partition coefficient (Wildman–Crippen LogP) is 6.14. The second-order valence-electron chi connectivity index (χ2n) is 8.30. The van der Waals surface area contributed by atoms with E-state index in [4.69, 9.17) is 11.6 Å². The molecule has 0 aromatic carbocycles. The van der Waals surface area contributed by atoms with Gasteiger partial charge in [0.15, 0.2) is 5.82 Å². The molecule has 4 aromatic heterocycles. The first-order chi connectivity index (χ1) is 16.1. The van der Waals surface area contributed by atoms with Crippen molar-refractivity contribution >= 4 is 40.9 Å². The van der Waals surface area contributed by atoms with Crippen LogP contribution >= 0.6 is 18.7 Å². The minimum atomic E-state index is -2.55. The summed E-state index contributed by atoms with van der Waals surface area (Å²) >= 11 is 6.59. The summed E-state index contributed by atoms with van der Waals surface area (Å²) in [7, 11) is -2.55. The Balaban J connectivity index is 1.86. The number of nitrogens with zero attached hydrogens (tertiary/aromatic N) is 4. The van der Waals surface area contributed by atoms with Crippen LogP contribution in [-0.4, -0.2) is 33.3 Å². The molecule has 0 fully saturated rings. The average molecular weight is 502 g/mol. The monoisotopic (exact) mass is 501 g/mol. The molecule has 34 heavy (non-hydrogen) atoms. The molecule has 1 N–H and O–H groups in total. The molecule has 1 unspecified atom stereocenters. The molecule has 0 spiro atoms. The Hall–Kier alpha value is -2.96. The molecule has 0 bridgehead atoms. The lowest BCUT2D eigenvalue weighted by atomic mass is 10.1. The predicted molar refractivity (Wildman–Crippen MR) is 132 cm³/mol. The van der Waals surface area contributed by atoms with E-state index in [-0.39, 0.29) is 11.4 Å². The van der Waals surface area contributed by atoms with E-state index in [1.807, 2.05) is 6.92 Å². The van der Waals surface area contributed by atoms with Crippen LogP contribution in [-0.2, 0) is 4.57 Å². The van der Waals surface area contributed by atoms with Gasteiger partial charge in [0.05, 0.1) is 39.1 Å². The summed E-state index contributed by atoms with van der Waals surface area (Å²) in [5.74, 6) is -1.02. The molecule has 0 saturated heterocycles. The topological polar surface area (TPSA) is 80.7 Å². The molecule has 0 amide bonds. The summed E-state index contributed by atoms with van der Waals surface area (Å²) in [6, 6.07) is 6.90. The van der Waals surface area contributed by atoms with E-state index >= 15 is 4.39 Å². The fourth-order valence-electron chi connectivity index (χ4n) is 3.63. The lowest BCUT2D eigenvalue weighted by molar-refractivity contribution is 0.572. The fourth-order valence-corrected chi connectivity index (χ4v) is 4.59. The van der Waals surface area contributed by atoms with Crippen molar-refractivity contribution < 1.29 is 13.3 Å². The van der Waals surface area contributed by atoms with Crippen LogP contribution in [0.15, 0.2) is 42.7 Å². The van der Waals surface area contributed by atoms with Gasteiger partial charge < -0.3 is 9.88 Å². The summed E-state index contributed by atoms with van der Waals surface area (Å²) in [5.41, 5.74) is 2.70. The van der Waals surface area contributed by atoms with Crippen LogP contribution in [0.2, 0.25) is 5.02 Å². The van der Waals surface area contributed by atoms with Gasteiger partial charge in [0.2, 0.25) is 0 Å². The van der Waals surface area contributed by atoms with Gasteiger partial charge in [-0.3, -0.25) is 9.97 Å².